The van der Waals surface area contributed by atoms with Crippen molar-refractivity contribution in [3.8, 4) is 0 Å². The Kier molecular flexibility index (Phi) is 5.26. The first-order valence-electron chi connectivity index (χ1n) is 7.44. The Hall–Kier alpha value is -0.120. The fraction of sp³-hybridized carbons (Fsp3) is 1.00. The molecular weight excluding hydrogens is 212 g/mol. The topological polar surface area (TPSA) is 33.3 Å². The summed E-state index contributed by atoms with van der Waals surface area (Å²) in [6.45, 7) is 3.91. The molecule has 1 aliphatic carbocycles. The number of hydrogen-bond acceptors (Lipinski definition) is 3. The van der Waals surface area contributed by atoms with E-state index in [1.165, 1.54) is 57.8 Å². The fourth-order valence-corrected chi connectivity index (χ4v) is 3.37. The molecule has 1 saturated heterocycles. The van der Waals surface area contributed by atoms with Gasteiger partial charge in [0.2, 0.25) is 0 Å². The molecule has 1 saturated carbocycles. The van der Waals surface area contributed by atoms with E-state index in [4.69, 9.17) is 4.84 Å². The number of unbranched alkanes of at least 4 members (excludes halogenated alkanes) is 1. The molecule has 1 atom stereocenters. The van der Waals surface area contributed by atoms with E-state index in [0.717, 1.165) is 19.2 Å². The highest BCUT2D eigenvalue weighted by Gasteiger charge is 2.34. The molecule has 0 amide bonds. The van der Waals surface area contributed by atoms with Crippen molar-refractivity contribution in [2.75, 3.05) is 13.3 Å². The SMILES string of the molecule is CCCCC1(CC2CCCCC2)CONCN1. The number of hydrogen-bond donors (Lipinski definition) is 2. The zero-order chi connectivity index (χ0) is 12.0. The second kappa shape index (κ2) is 6.72. The first-order valence-corrected chi connectivity index (χ1v) is 7.44. The van der Waals surface area contributed by atoms with E-state index >= 15 is 0 Å². The molecule has 0 bridgehead atoms. The van der Waals surface area contributed by atoms with Crippen molar-refractivity contribution in [3.05, 3.63) is 0 Å². The monoisotopic (exact) mass is 240 g/mol. The van der Waals surface area contributed by atoms with Crippen LogP contribution >= 0.6 is 0 Å². The first-order chi connectivity index (χ1) is 8.35. The normalized spacial score (nSPS) is 31.6. The quantitative estimate of drug-likeness (QED) is 0.775. The van der Waals surface area contributed by atoms with Crippen LogP contribution in [-0.4, -0.2) is 18.8 Å². The minimum Gasteiger partial charge on any atom is -0.299 e. The van der Waals surface area contributed by atoms with Crippen LogP contribution in [0.15, 0.2) is 0 Å². The molecule has 100 valence electrons. The van der Waals surface area contributed by atoms with Crippen molar-refractivity contribution in [2.45, 2.75) is 70.3 Å². The summed E-state index contributed by atoms with van der Waals surface area (Å²) < 4.78 is 0. The molecule has 17 heavy (non-hydrogen) atoms. The molecule has 3 heteroatoms. The van der Waals surface area contributed by atoms with Crippen LogP contribution in [0.4, 0.5) is 0 Å². The predicted molar refractivity (Wildman–Crippen MR) is 70.5 cm³/mol. The lowest BCUT2D eigenvalue weighted by Gasteiger charge is -2.41. The van der Waals surface area contributed by atoms with Crippen molar-refractivity contribution >= 4 is 0 Å². The van der Waals surface area contributed by atoms with E-state index in [1.54, 1.807) is 0 Å². The van der Waals surface area contributed by atoms with E-state index in [9.17, 15) is 0 Å². The van der Waals surface area contributed by atoms with E-state index in [-0.39, 0.29) is 5.54 Å². The molecule has 1 unspecified atom stereocenters. The van der Waals surface area contributed by atoms with Crippen molar-refractivity contribution in [1.82, 2.24) is 10.8 Å². The summed E-state index contributed by atoms with van der Waals surface area (Å²) in [6.07, 6.45) is 12.4. The average Bonchev–Trinajstić information content (AvgIpc) is 2.39. The molecule has 1 aliphatic heterocycles. The molecular formula is C14H28N2O. The fourth-order valence-electron chi connectivity index (χ4n) is 3.37. The summed E-state index contributed by atoms with van der Waals surface area (Å²) in [6, 6.07) is 0. The highest BCUT2D eigenvalue weighted by molar-refractivity contribution is 4.91. The van der Waals surface area contributed by atoms with Crippen LogP contribution in [0.3, 0.4) is 0 Å². The van der Waals surface area contributed by atoms with E-state index in [2.05, 4.69) is 17.7 Å². The zero-order valence-corrected chi connectivity index (χ0v) is 11.3. The van der Waals surface area contributed by atoms with Crippen LogP contribution < -0.4 is 10.8 Å². The van der Waals surface area contributed by atoms with Gasteiger partial charge in [0.25, 0.3) is 0 Å². The van der Waals surface area contributed by atoms with Gasteiger partial charge in [-0.1, -0.05) is 51.9 Å². The summed E-state index contributed by atoms with van der Waals surface area (Å²) in [5.41, 5.74) is 3.20. The third-order valence-electron chi connectivity index (χ3n) is 4.40. The van der Waals surface area contributed by atoms with Gasteiger partial charge in [0, 0.05) is 5.54 Å². The van der Waals surface area contributed by atoms with Crippen LogP contribution in [0.25, 0.3) is 0 Å². The Morgan fingerprint density at radius 1 is 1.24 bits per heavy atom. The van der Waals surface area contributed by atoms with Crippen LogP contribution in [0.2, 0.25) is 0 Å². The van der Waals surface area contributed by atoms with Gasteiger partial charge in [-0.25, -0.2) is 0 Å². The lowest BCUT2D eigenvalue weighted by atomic mass is 9.77. The van der Waals surface area contributed by atoms with E-state index < -0.39 is 0 Å². The Morgan fingerprint density at radius 3 is 2.71 bits per heavy atom. The van der Waals surface area contributed by atoms with Gasteiger partial charge in [-0.2, -0.15) is 5.48 Å². The molecule has 0 radical (unpaired) electrons. The molecule has 2 aliphatic rings. The number of rotatable bonds is 5. The first kappa shape index (κ1) is 13.3. The van der Waals surface area contributed by atoms with E-state index in [1.807, 2.05) is 0 Å². The zero-order valence-electron chi connectivity index (χ0n) is 11.3. The number of nitrogens with one attached hydrogen (secondary N) is 2. The second-order valence-corrected chi connectivity index (χ2v) is 5.88. The smallest absolute Gasteiger partial charge is 0.0865 e. The van der Waals surface area contributed by atoms with Gasteiger partial charge in [-0.3, -0.25) is 10.2 Å². The molecule has 0 aromatic carbocycles. The summed E-state index contributed by atoms with van der Waals surface area (Å²) in [5.74, 6) is 0.926. The van der Waals surface area contributed by atoms with Gasteiger partial charge in [0.15, 0.2) is 0 Å². The minimum absolute atomic E-state index is 0.253. The molecule has 1 heterocycles. The van der Waals surface area contributed by atoms with Gasteiger partial charge in [0.05, 0.1) is 13.3 Å². The third-order valence-corrected chi connectivity index (χ3v) is 4.40. The Labute approximate surface area is 106 Å². The Balaban J connectivity index is 1.88. The predicted octanol–water partition coefficient (Wildman–Crippen LogP) is 2.97. The summed E-state index contributed by atoms with van der Waals surface area (Å²) >= 11 is 0. The van der Waals surface area contributed by atoms with Crippen molar-refractivity contribution < 1.29 is 4.84 Å². The van der Waals surface area contributed by atoms with Crippen molar-refractivity contribution in [2.24, 2.45) is 5.92 Å². The van der Waals surface area contributed by atoms with Crippen LogP contribution in [0.1, 0.15) is 64.7 Å². The maximum absolute atomic E-state index is 5.51. The largest absolute Gasteiger partial charge is 0.299 e. The third kappa shape index (κ3) is 3.94. The van der Waals surface area contributed by atoms with Gasteiger partial charge in [-0.05, 0) is 18.8 Å². The highest BCUT2D eigenvalue weighted by atomic mass is 16.6. The van der Waals surface area contributed by atoms with Crippen LogP contribution in [0, 0.1) is 5.92 Å². The Morgan fingerprint density at radius 2 is 2.06 bits per heavy atom. The van der Waals surface area contributed by atoms with Crippen LogP contribution in [-0.2, 0) is 4.84 Å². The molecule has 2 N–H and O–H groups in total. The van der Waals surface area contributed by atoms with Gasteiger partial charge in [-0.15, -0.1) is 0 Å². The molecule has 2 rings (SSSR count). The molecule has 0 aromatic heterocycles. The van der Waals surface area contributed by atoms with Crippen LogP contribution in [0.5, 0.6) is 0 Å². The molecule has 0 spiro atoms. The second-order valence-electron chi connectivity index (χ2n) is 5.88. The minimum atomic E-state index is 0.253. The summed E-state index contributed by atoms with van der Waals surface area (Å²) in [7, 11) is 0. The molecule has 3 nitrogen and oxygen atoms in total. The maximum Gasteiger partial charge on any atom is 0.0865 e. The summed E-state index contributed by atoms with van der Waals surface area (Å²) in [5, 5.41) is 3.68. The van der Waals surface area contributed by atoms with Crippen molar-refractivity contribution in [3.63, 3.8) is 0 Å². The molecule has 2 fully saturated rings. The standard InChI is InChI=1S/C14H28N2O/c1-2-3-9-14(11-17-16-12-15-14)10-13-7-5-4-6-8-13/h13,15-16H,2-12H2,1H3. The summed E-state index contributed by atoms with van der Waals surface area (Å²) in [4.78, 5) is 5.51. The highest BCUT2D eigenvalue weighted by Crippen LogP contribution is 2.33. The lowest BCUT2D eigenvalue weighted by molar-refractivity contribution is -0.0609. The van der Waals surface area contributed by atoms with Crippen molar-refractivity contribution in [1.29, 1.82) is 0 Å². The maximum atomic E-state index is 5.51. The Bertz CT molecular complexity index is 208. The molecule has 0 aromatic rings. The number of hydroxylamine groups is 1. The van der Waals surface area contributed by atoms with E-state index in [0.29, 0.717) is 0 Å². The van der Waals surface area contributed by atoms with Gasteiger partial charge in [0.1, 0.15) is 0 Å². The average molecular weight is 240 g/mol. The lowest BCUT2D eigenvalue weighted by Crippen LogP contribution is -2.58. The van der Waals surface area contributed by atoms with Gasteiger partial charge < -0.3 is 0 Å². The van der Waals surface area contributed by atoms with Gasteiger partial charge >= 0.3 is 0 Å².